The highest BCUT2D eigenvalue weighted by molar-refractivity contribution is 14.0. The molecule has 2 aliphatic rings. The summed E-state index contributed by atoms with van der Waals surface area (Å²) in [7, 11) is 1.68. The average Bonchev–Trinajstić information content (AvgIpc) is 3.46. The molecule has 5 nitrogen and oxygen atoms in total. The van der Waals surface area contributed by atoms with E-state index in [-0.39, 0.29) is 47.7 Å². The van der Waals surface area contributed by atoms with Gasteiger partial charge in [0, 0.05) is 31.0 Å². The van der Waals surface area contributed by atoms with Gasteiger partial charge in [0.2, 0.25) is 0 Å². The van der Waals surface area contributed by atoms with Gasteiger partial charge < -0.3 is 20.1 Å². The van der Waals surface area contributed by atoms with E-state index in [2.05, 4.69) is 20.4 Å². The van der Waals surface area contributed by atoms with Crippen molar-refractivity contribution in [3.05, 3.63) is 59.7 Å². The van der Waals surface area contributed by atoms with E-state index in [4.69, 9.17) is 4.74 Å². The zero-order valence-electron chi connectivity index (χ0n) is 16.3. The topological polar surface area (TPSA) is 54.9 Å². The molecule has 0 spiro atoms. The molecule has 2 N–H and O–H groups in total. The van der Waals surface area contributed by atoms with Crippen molar-refractivity contribution < 1.29 is 22.6 Å². The lowest BCUT2D eigenvalue weighted by molar-refractivity contribution is -0.274. The quantitative estimate of drug-likeness (QED) is 0.339. The van der Waals surface area contributed by atoms with E-state index in [9.17, 15) is 13.2 Å². The summed E-state index contributed by atoms with van der Waals surface area (Å²) in [6, 6.07) is 14.2. The van der Waals surface area contributed by atoms with Gasteiger partial charge in [0.05, 0.1) is 12.6 Å². The Balaban J connectivity index is 0.00000256. The first-order valence-corrected chi connectivity index (χ1v) is 9.51. The Morgan fingerprint density at radius 1 is 1.07 bits per heavy atom. The van der Waals surface area contributed by atoms with Crippen LogP contribution in [0.25, 0.3) is 0 Å². The van der Waals surface area contributed by atoms with E-state index >= 15 is 0 Å². The van der Waals surface area contributed by atoms with Gasteiger partial charge in [-0.25, -0.2) is 0 Å². The molecule has 2 aromatic carbocycles. The Hall–Kier alpha value is -2.17. The molecule has 0 aromatic heterocycles. The smallest absolute Gasteiger partial charge is 0.493 e. The van der Waals surface area contributed by atoms with Crippen LogP contribution in [0.5, 0.6) is 11.5 Å². The summed E-state index contributed by atoms with van der Waals surface area (Å²) in [4.78, 5) is 4.29. The highest BCUT2D eigenvalue weighted by Gasteiger charge is 2.42. The van der Waals surface area contributed by atoms with Gasteiger partial charge in [-0.2, -0.15) is 0 Å². The molecule has 1 aliphatic carbocycles. The molecule has 30 heavy (non-hydrogen) atoms. The lowest BCUT2D eigenvalue weighted by Crippen LogP contribution is -2.42. The maximum absolute atomic E-state index is 12.7. The molecular formula is C21H23F3IN3O2. The molecule has 1 heterocycles. The van der Waals surface area contributed by atoms with Crippen LogP contribution in [-0.4, -0.2) is 32.0 Å². The summed E-state index contributed by atoms with van der Waals surface area (Å²) in [5.74, 6) is 1.27. The molecule has 1 saturated carbocycles. The SMILES string of the molecule is CN=C(NC1CCOc2ccccc21)NC1CC1c1ccccc1OC(F)(F)F.I. The minimum absolute atomic E-state index is 0. The fourth-order valence-electron chi connectivity index (χ4n) is 3.71. The molecule has 3 atom stereocenters. The Labute approximate surface area is 190 Å². The van der Waals surface area contributed by atoms with Crippen LogP contribution in [-0.2, 0) is 0 Å². The number of rotatable bonds is 4. The molecule has 0 bridgehead atoms. The monoisotopic (exact) mass is 533 g/mol. The Morgan fingerprint density at radius 3 is 2.50 bits per heavy atom. The number of guanidine groups is 1. The number of hydrogen-bond donors (Lipinski definition) is 2. The lowest BCUT2D eigenvalue weighted by atomic mass is 10.0. The molecule has 1 fully saturated rings. The number of ether oxygens (including phenoxy) is 2. The van der Waals surface area contributed by atoms with E-state index < -0.39 is 6.36 Å². The molecule has 0 radical (unpaired) electrons. The zero-order valence-corrected chi connectivity index (χ0v) is 18.6. The highest BCUT2D eigenvalue weighted by Crippen LogP contribution is 2.45. The Bertz CT molecular complexity index is 907. The largest absolute Gasteiger partial charge is 0.573 e. The van der Waals surface area contributed by atoms with E-state index in [0.29, 0.717) is 24.6 Å². The fourth-order valence-corrected chi connectivity index (χ4v) is 3.71. The summed E-state index contributed by atoms with van der Waals surface area (Å²) in [5.41, 5.74) is 1.62. The van der Waals surface area contributed by atoms with Gasteiger partial charge in [-0.1, -0.05) is 36.4 Å². The molecule has 9 heteroatoms. The van der Waals surface area contributed by atoms with E-state index in [0.717, 1.165) is 17.7 Å². The van der Waals surface area contributed by atoms with E-state index in [1.807, 2.05) is 24.3 Å². The first-order chi connectivity index (χ1) is 13.9. The maximum atomic E-state index is 12.7. The van der Waals surface area contributed by atoms with Crippen LogP contribution in [0.15, 0.2) is 53.5 Å². The van der Waals surface area contributed by atoms with Crippen molar-refractivity contribution in [3.63, 3.8) is 0 Å². The summed E-state index contributed by atoms with van der Waals surface area (Å²) < 4.78 is 47.9. The van der Waals surface area contributed by atoms with Crippen molar-refractivity contribution >= 4 is 29.9 Å². The van der Waals surface area contributed by atoms with Crippen LogP contribution in [0.1, 0.15) is 35.9 Å². The number of nitrogens with one attached hydrogen (secondary N) is 2. The van der Waals surface area contributed by atoms with Crippen molar-refractivity contribution in [3.8, 4) is 11.5 Å². The van der Waals surface area contributed by atoms with Gasteiger partial charge in [0.15, 0.2) is 5.96 Å². The van der Waals surface area contributed by atoms with Crippen molar-refractivity contribution in [1.82, 2.24) is 10.6 Å². The third kappa shape index (κ3) is 5.30. The third-order valence-electron chi connectivity index (χ3n) is 5.15. The van der Waals surface area contributed by atoms with Crippen molar-refractivity contribution in [2.24, 2.45) is 4.99 Å². The molecule has 2 aromatic rings. The Kier molecular flexibility index (Phi) is 6.99. The summed E-state index contributed by atoms with van der Waals surface area (Å²) >= 11 is 0. The minimum Gasteiger partial charge on any atom is -0.493 e. The second-order valence-corrected chi connectivity index (χ2v) is 7.12. The Morgan fingerprint density at radius 2 is 1.77 bits per heavy atom. The second kappa shape index (κ2) is 9.32. The molecular weight excluding hydrogens is 510 g/mol. The van der Waals surface area contributed by atoms with Crippen molar-refractivity contribution in [2.75, 3.05) is 13.7 Å². The first-order valence-electron chi connectivity index (χ1n) is 9.51. The number of fused-ring (bicyclic) bond motifs is 1. The molecule has 162 valence electrons. The number of halogens is 4. The van der Waals surface area contributed by atoms with Crippen LogP contribution in [0.4, 0.5) is 13.2 Å². The van der Waals surface area contributed by atoms with Gasteiger partial charge in [-0.05, 0) is 24.1 Å². The van der Waals surface area contributed by atoms with Gasteiger partial charge in [-0.15, -0.1) is 37.1 Å². The predicted octanol–water partition coefficient (Wildman–Crippen LogP) is 4.75. The molecule has 1 aliphatic heterocycles. The summed E-state index contributed by atoms with van der Waals surface area (Å²) in [5, 5.41) is 6.72. The molecule has 4 rings (SSSR count). The highest BCUT2D eigenvalue weighted by atomic mass is 127. The van der Waals surface area contributed by atoms with Crippen LogP contribution in [0.3, 0.4) is 0 Å². The zero-order chi connectivity index (χ0) is 20.4. The summed E-state index contributed by atoms with van der Waals surface area (Å²) in [6.07, 6.45) is -3.20. The van der Waals surface area contributed by atoms with Crippen LogP contribution in [0, 0.1) is 0 Å². The lowest BCUT2D eigenvalue weighted by Gasteiger charge is -2.28. The van der Waals surface area contributed by atoms with Gasteiger partial charge in [-0.3, -0.25) is 4.99 Å². The average molecular weight is 533 g/mol. The third-order valence-corrected chi connectivity index (χ3v) is 5.15. The number of para-hydroxylation sites is 2. The first kappa shape index (κ1) is 22.5. The molecule has 3 unspecified atom stereocenters. The molecule has 0 saturated heterocycles. The van der Waals surface area contributed by atoms with Crippen LogP contribution >= 0.6 is 24.0 Å². The second-order valence-electron chi connectivity index (χ2n) is 7.12. The van der Waals surface area contributed by atoms with Gasteiger partial charge in [0.1, 0.15) is 11.5 Å². The summed E-state index contributed by atoms with van der Waals surface area (Å²) in [6.45, 7) is 0.611. The normalized spacial score (nSPS) is 22.8. The van der Waals surface area contributed by atoms with Gasteiger partial charge in [0.25, 0.3) is 0 Å². The van der Waals surface area contributed by atoms with Gasteiger partial charge >= 0.3 is 6.36 Å². The van der Waals surface area contributed by atoms with E-state index in [1.54, 1.807) is 25.2 Å². The minimum atomic E-state index is -4.71. The van der Waals surface area contributed by atoms with Crippen molar-refractivity contribution in [2.45, 2.75) is 37.2 Å². The number of aliphatic imine (C=N–C) groups is 1. The predicted molar refractivity (Wildman–Crippen MR) is 119 cm³/mol. The maximum Gasteiger partial charge on any atom is 0.573 e. The number of benzene rings is 2. The standard InChI is InChI=1S/C21H22F3N3O2.HI/c1-25-20(26-16-10-11-28-18-8-4-3-7-14(16)18)27-17-12-15(17)13-6-2-5-9-19(13)29-21(22,23)24;/h2-9,15-17H,10-12H2,1H3,(H2,25,26,27);1H. The fraction of sp³-hybridized carbons (Fsp3) is 0.381. The van der Waals surface area contributed by atoms with Crippen molar-refractivity contribution in [1.29, 1.82) is 0 Å². The van der Waals surface area contributed by atoms with Crippen LogP contribution in [0.2, 0.25) is 0 Å². The number of hydrogen-bond acceptors (Lipinski definition) is 3. The molecule has 0 amide bonds. The van der Waals surface area contributed by atoms with Crippen LogP contribution < -0.4 is 20.1 Å². The van der Waals surface area contributed by atoms with E-state index in [1.165, 1.54) is 6.07 Å². The number of nitrogens with zero attached hydrogens (tertiary/aromatic N) is 1. The number of alkyl halides is 3.